The molecule has 92 valence electrons. The van der Waals surface area contributed by atoms with Crippen LogP contribution in [0, 0.1) is 0 Å². The molecule has 0 atom stereocenters. The van der Waals surface area contributed by atoms with Gasteiger partial charge in [-0.05, 0) is 26.4 Å². The summed E-state index contributed by atoms with van der Waals surface area (Å²) >= 11 is 3.46. The second-order valence-corrected chi connectivity index (χ2v) is 5.05. The molecule has 0 aromatic carbocycles. The van der Waals surface area contributed by atoms with Gasteiger partial charge >= 0.3 is 0 Å². The van der Waals surface area contributed by atoms with Crippen LogP contribution in [0.2, 0.25) is 0 Å². The van der Waals surface area contributed by atoms with Crippen LogP contribution in [0.1, 0.15) is 25.1 Å². The SMILES string of the molecule is CN(CCCCCBr)CCc1nccn1C. The molecular weight excluding hydrogens is 266 g/mol. The van der Waals surface area contributed by atoms with Gasteiger partial charge in [-0.3, -0.25) is 0 Å². The zero-order chi connectivity index (χ0) is 11.8. The molecule has 0 aliphatic rings. The van der Waals surface area contributed by atoms with Crippen molar-refractivity contribution in [3.05, 3.63) is 18.2 Å². The van der Waals surface area contributed by atoms with Crippen molar-refractivity contribution in [2.75, 3.05) is 25.5 Å². The molecule has 4 heteroatoms. The van der Waals surface area contributed by atoms with Gasteiger partial charge in [0.05, 0.1) is 0 Å². The standard InChI is InChI=1S/C12H22BrN3/c1-15(9-5-3-4-7-13)10-6-12-14-8-11-16(12)2/h8,11H,3-7,9-10H2,1-2H3. The van der Waals surface area contributed by atoms with Gasteiger partial charge in [-0.1, -0.05) is 22.4 Å². The lowest BCUT2D eigenvalue weighted by Gasteiger charge is -2.15. The highest BCUT2D eigenvalue weighted by Crippen LogP contribution is 2.01. The van der Waals surface area contributed by atoms with Crippen molar-refractivity contribution < 1.29 is 0 Å². The number of rotatable bonds is 8. The minimum atomic E-state index is 1.04. The van der Waals surface area contributed by atoms with Crippen molar-refractivity contribution in [3.63, 3.8) is 0 Å². The zero-order valence-electron chi connectivity index (χ0n) is 10.3. The summed E-state index contributed by atoms with van der Waals surface area (Å²) in [4.78, 5) is 6.72. The average Bonchev–Trinajstić information content (AvgIpc) is 2.67. The van der Waals surface area contributed by atoms with Gasteiger partial charge in [0.25, 0.3) is 0 Å². The van der Waals surface area contributed by atoms with E-state index in [1.807, 2.05) is 12.4 Å². The van der Waals surface area contributed by atoms with E-state index in [1.54, 1.807) is 0 Å². The molecule has 3 nitrogen and oxygen atoms in total. The summed E-state index contributed by atoms with van der Waals surface area (Å²) in [6.07, 6.45) is 8.81. The van der Waals surface area contributed by atoms with Gasteiger partial charge in [0.2, 0.25) is 0 Å². The Bertz CT molecular complexity index is 286. The van der Waals surface area contributed by atoms with Crippen LogP contribution in [0.15, 0.2) is 12.4 Å². The van der Waals surface area contributed by atoms with Gasteiger partial charge in [-0.15, -0.1) is 0 Å². The molecule has 1 heterocycles. The minimum absolute atomic E-state index is 1.04. The van der Waals surface area contributed by atoms with E-state index in [-0.39, 0.29) is 0 Å². The molecule has 0 aliphatic carbocycles. The Morgan fingerprint density at radius 3 is 2.75 bits per heavy atom. The lowest BCUT2D eigenvalue weighted by atomic mass is 10.2. The minimum Gasteiger partial charge on any atom is -0.338 e. The van der Waals surface area contributed by atoms with Gasteiger partial charge < -0.3 is 9.47 Å². The smallest absolute Gasteiger partial charge is 0.109 e. The highest BCUT2D eigenvalue weighted by Gasteiger charge is 2.02. The second kappa shape index (κ2) is 7.85. The van der Waals surface area contributed by atoms with Crippen LogP contribution >= 0.6 is 15.9 Å². The third-order valence-corrected chi connectivity index (χ3v) is 3.37. The molecule has 0 saturated heterocycles. The summed E-state index contributed by atoms with van der Waals surface area (Å²) in [5.74, 6) is 1.17. The summed E-state index contributed by atoms with van der Waals surface area (Å²) in [7, 11) is 4.25. The molecular formula is C12H22BrN3. The predicted molar refractivity (Wildman–Crippen MR) is 72.1 cm³/mol. The Balaban J connectivity index is 2.10. The lowest BCUT2D eigenvalue weighted by Crippen LogP contribution is -2.23. The largest absolute Gasteiger partial charge is 0.338 e. The summed E-state index contributed by atoms with van der Waals surface area (Å²) in [5, 5.41) is 1.13. The van der Waals surface area contributed by atoms with Gasteiger partial charge in [-0.25, -0.2) is 4.98 Å². The van der Waals surface area contributed by atoms with Gasteiger partial charge in [0, 0.05) is 37.7 Å². The molecule has 0 fully saturated rings. The fraction of sp³-hybridized carbons (Fsp3) is 0.750. The second-order valence-electron chi connectivity index (χ2n) is 4.26. The number of imidazole rings is 1. The zero-order valence-corrected chi connectivity index (χ0v) is 11.9. The van der Waals surface area contributed by atoms with Crippen LogP contribution in [0.5, 0.6) is 0 Å². The van der Waals surface area contributed by atoms with E-state index in [0.29, 0.717) is 0 Å². The number of aryl methyl sites for hydroxylation is 1. The van der Waals surface area contributed by atoms with Crippen LogP contribution in [0.4, 0.5) is 0 Å². The van der Waals surface area contributed by atoms with Crippen LogP contribution in [0.25, 0.3) is 0 Å². The first-order valence-corrected chi connectivity index (χ1v) is 7.07. The Morgan fingerprint density at radius 2 is 2.12 bits per heavy atom. The lowest BCUT2D eigenvalue weighted by molar-refractivity contribution is 0.326. The fourth-order valence-electron chi connectivity index (χ4n) is 1.69. The molecule has 16 heavy (non-hydrogen) atoms. The molecule has 0 saturated carbocycles. The van der Waals surface area contributed by atoms with E-state index in [0.717, 1.165) is 18.3 Å². The summed E-state index contributed by atoms with van der Waals surface area (Å²) in [5.41, 5.74) is 0. The quantitative estimate of drug-likeness (QED) is 0.541. The first kappa shape index (κ1) is 13.7. The summed E-state index contributed by atoms with van der Waals surface area (Å²) < 4.78 is 2.10. The monoisotopic (exact) mass is 287 g/mol. The number of nitrogens with zero attached hydrogens (tertiary/aromatic N) is 3. The number of unbranched alkanes of at least 4 members (excludes halogenated alkanes) is 2. The van der Waals surface area contributed by atoms with Crippen molar-refractivity contribution in [2.45, 2.75) is 25.7 Å². The first-order chi connectivity index (χ1) is 7.74. The van der Waals surface area contributed by atoms with E-state index in [2.05, 4.69) is 44.5 Å². The Labute approximate surface area is 107 Å². The van der Waals surface area contributed by atoms with Crippen LogP contribution < -0.4 is 0 Å². The number of hydrogen-bond acceptors (Lipinski definition) is 2. The van der Waals surface area contributed by atoms with Crippen molar-refractivity contribution in [1.29, 1.82) is 0 Å². The third kappa shape index (κ3) is 5.12. The molecule has 0 aliphatic heterocycles. The van der Waals surface area contributed by atoms with Gasteiger partial charge in [0.1, 0.15) is 5.82 Å². The molecule has 0 radical (unpaired) electrons. The maximum atomic E-state index is 4.33. The van der Waals surface area contributed by atoms with E-state index in [1.165, 1.54) is 31.6 Å². The molecule has 0 N–H and O–H groups in total. The third-order valence-electron chi connectivity index (χ3n) is 2.81. The number of hydrogen-bond donors (Lipinski definition) is 0. The van der Waals surface area contributed by atoms with Crippen LogP contribution in [-0.4, -0.2) is 39.9 Å². The number of alkyl halides is 1. The van der Waals surface area contributed by atoms with E-state index in [4.69, 9.17) is 0 Å². The van der Waals surface area contributed by atoms with Gasteiger partial charge in [-0.2, -0.15) is 0 Å². The maximum Gasteiger partial charge on any atom is 0.109 e. The van der Waals surface area contributed by atoms with Gasteiger partial charge in [0.15, 0.2) is 0 Å². The number of likely N-dealkylation sites (N-methyl/N-ethyl adjacent to an activating group) is 1. The highest BCUT2D eigenvalue weighted by molar-refractivity contribution is 9.09. The molecule has 1 aromatic rings. The molecule has 0 spiro atoms. The molecule has 1 aromatic heterocycles. The van der Waals surface area contributed by atoms with Crippen LogP contribution in [0.3, 0.4) is 0 Å². The van der Waals surface area contributed by atoms with E-state index < -0.39 is 0 Å². The van der Waals surface area contributed by atoms with Crippen molar-refractivity contribution >= 4 is 15.9 Å². The predicted octanol–water partition coefficient (Wildman–Crippen LogP) is 2.46. The van der Waals surface area contributed by atoms with E-state index in [9.17, 15) is 0 Å². The van der Waals surface area contributed by atoms with Crippen molar-refractivity contribution in [2.24, 2.45) is 7.05 Å². The topological polar surface area (TPSA) is 21.1 Å². The van der Waals surface area contributed by atoms with Crippen molar-refractivity contribution in [1.82, 2.24) is 14.5 Å². The molecule has 0 bridgehead atoms. The fourth-order valence-corrected chi connectivity index (χ4v) is 2.09. The molecule has 1 rings (SSSR count). The molecule has 0 amide bonds. The average molecular weight is 288 g/mol. The maximum absolute atomic E-state index is 4.33. The Morgan fingerprint density at radius 1 is 1.31 bits per heavy atom. The highest BCUT2D eigenvalue weighted by atomic mass is 79.9. The normalized spacial score (nSPS) is 11.2. The van der Waals surface area contributed by atoms with Crippen molar-refractivity contribution in [3.8, 4) is 0 Å². The molecule has 0 unspecified atom stereocenters. The van der Waals surface area contributed by atoms with Crippen LogP contribution in [-0.2, 0) is 13.5 Å². The first-order valence-electron chi connectivity index (χ1n) is 5.94. The number of aromatic nitrogens is 2. The van der Waals surface area contributed by atoms with E-state index >= 15 is 0 Å². The Kier molecular flexibility index (Phi) is 6.73. The Hall–Kier alpha value is -0.350. The summed E-state index contributed by atoms with van der Waals surface area (Å²) in [6.45, 7) is 2.29. The number of halogens is 1. The summed E-state index contributed by atoms with van der Waals surface area (Å²) in [6, 6.07) is 0.